The van der Waals surface area contributed by atoms with E-state index >= 15 is 0 Å². The standard InChI is InChI=1S/C21H26FN3O4/c1-24(17-3-2-4-18(20(17)26)25-9-11-28-12-10-25)21(27)16-13-19(29-23-16)14-5-7-15(22)8-6-14/h5-8,13,17-18,20,26H,2-4,9-12H2,1H3/t17-,18-,20-/m1/s1. The average Bonchev–Trinajstić information content (AvgIpc) is 3.24. The molecule has 2 aromatic rings. The predicted molar refractivity (Wildman–Crippen MR) is 104 cm³/mol. The predicted octanol–water partition coefficient (Wildman–Crippen LogP) is 2.17. The summed E-state index contributed by atoms with van der Waals surface area (Å²) in [5, 5.41) is 14.9. The van der Waals surface area contributed by atoms with Crippen LogP contribution in [0.3, 0.4) is 0 Å². The molecule has 0 spiro atoms. The second kappa shape index (κ2) is 8.61. The Labute approximate surface area is 169 Å². The highest BCUT2D eigenvalue weighted by atomic mass is 19.1. The molecule has 1 aliphatic heterocycles. The van der Waals surface area contributed by atoms with E-state index in [0.29, 0.717) is 24.5 Å². The summed E-state index contributed by atoms with van der Waals surface area (Å²) in [5.74, 6) is -0.240. The fourth-order valence-corrected chi connectivity index (χ4v) is 4.32. The first-order valence-corrected chi connectivity index (χ1v) is 10.0. The van der Waals surface area contributed by atoms with E-state index in [1.165, 1.54) is 12.1 Å². The second-order valence-corrected chi connectivity index (χ2v) is 7.70. The van der Waals surface area contributed by atoms with Gasteiger partial charge in [-0.05, 0) is 43.5 Å². The molecule has 3 atom stereocenters. The molecular formula is C21H26FN3O4. The molecule has 2 fully saturated rings. The zero-order valence-electron chi connectivity index (χ0n) is 16.5. The van der Waals surface area contributed by atoms with Gasteiger partial charge in [0.2, 0.25) is 0 Å². The average molecular weight is 403 g/mol. The number of amides is 1. The van der Waals surface area contributed by atoms with Crippen LogP contribution in [0.1, 0.15) is 29.8 Å². The molecule has 1 saturated carbocycles. The molecule has 0 radical (unpaired) electrons. The summed E-state index contributed by atoms with van der Waals surface area (Å²) in [7, 11) is 1.70. The van der Waals surface area contributed by atoms with Gasteiger partial charge in [-0.1, -0.05) is 5.16 Å². The van der Waals surface area contributed by atoms with E-state index in [2.05, 4.69) is 10.1 Å². The molecule has 0 bridgehead atoms. The molecule has 156 valence electrons. The third-order valence-corrected chi connectivity index (χ3v) is 5.98. The van der Waals surface area contributed by atoms with E-state index in [9.17, 15) is 14.3 Å². The number of aromatic nitrogens is 1. The molecule has 7 nitrogen and oxygen atoms in total. The van der Waals surface area contributed by atoms with Gasteiger partial charge in [0, 0.05) is 37.8 Å². The van der Waals surface area contributed by atoms with Crippen molar-refractivity contribution >= 4 is 5.91 Å². The number of rotatable bonds is 4. The summed E-state index contributed by atoms with van der Waals surface area (Å²) >= 11 is 0. The first-order chi connectivity index (χ1) is 14.0. The summed E-state index contributed by atoms with van der Waals surface area (Å²) in [6.07, 6.45) is 1.98. The molecule has 1 N–H and O–H groups in total. The Bertz CT molecular complexity index is 835. The Hall–Kier alpha value is -2.29. The Kier molecular flexibility index (Phi) is 5.94. The van der Waals surface area contributed by atoms with Crippen molar-refractivity contribution in [3.8, 4) is 11.3 Å². The number of hydrogen-bond acceptors (Lipinski definition) is 6. The number of morpholine rings is 1. The van der Waals surface area contributed by atoms with Gasteiger partial charge in [-0.2, -0.15) is 0 Å². The second-order valence-electron chi connectivity index (χ2n) is 7.70. The van der Waals surface area contributed by atoms with Crippen LogP contribution in [-0.2, 0) is 4.74 Å². The summed E-state index contributed by atoms with van der Waals surface area (Å²) in [6.45, 7) is 2.95. The van der Waals surface area contributed by atoms with Crippen LogP contribution in [0.15, 0.2) is 34.9 Å². The van der Waals surface area contributed by atoms with Crippen molar-refractivity contribution in [2.24, 2.45) is 0 Å². The van der Waals surface area contributed by atoms with Crippen molar-refractivity contribution in [3.63, 3.8) is 0 Å². The molecule has 1 aliphatic carbocycles. The van der Waals surface area contributed by atoms with E-state index in [-0.39, 0.29) is 29.5 Å². The number of hydrogen-bond donors (Lipinski definition) is 1. The maximum absolute atomic E-state index is 13.1. The molecule has 4 rings (SSSR count). The number of carbonyl (C=O) groups excluding carboxylic acids is 1. The van der Waals surface area contributed by atoms with E-state index in [0.717, 1.165) is 32.4 Å². The smallest absolute Gasteiger partial charge is 0.276 e. The Morgan fingerprint density at radius 3 is 2.69 bits per heavy atom. The number of benzene rings is 1. The van der Waals surface area contributed by atoms with Crippen LogP contribution in [0.4, 0.5) is 4.39 Å². The van der Waals surface area contributed by atoms with Crippen molar-refractivity contribution < 1.29 is 23.6 Å². The number of halogens is 1. The third kappa shape index (κ3) is 4.19. The lowest BCUT2D eigenvalue weighted by molar-refractivity contribution is -0.0614. The highest BCUT2D eigenvalue weighted by molar-refractivity contribution is 5.93. The Morgan fingerprint density at radius 1 is 1.24 bits per heavy atom. The summed E-state index contributed by atoms with van der Waals surface area (Å²) in [5.41, 5.74) is 0.818. The lowest BCUT2D eigenvalue weighted by atomic mass is 9.86. The molecule has 1 amide bonds. The SMILES string of the molecule is CN(C(=O)c1cc(-c2ccc(F)cc2)on1)[C@@H]1CCC[C@@H](N2CCOCC2)[C@@H]1O. The minimum atomic E-state index is -0.626. The fourth-order valence-electron chi connectivity index (χ4n) is 4.32. The Balaban J connectivity index is 1.46. The molecule has 1 saturated heterocycles. The number of nitrogens with zero attached hydrogens (tertiary/aromatic N) is 3. The van der Waals surface area contributed by atoms with Gasteiger partial charge >= 0.3 is 0 Å². The molecule has 8 heteroatoms. The van der Waals surface area contributed by atoms with Crippen LogP contribution in [0, 0.1) is 5.82 Å². The van der Waals surface area contributed by atoms with Gasteiger partial charge in [0.1, 0.15) is 5.82 Å². The number of aliphatic hydroxyl groups is 1. The number of ether oxygens (including phenoxy) is 1. The van der Waals surface area contributed by atoms with E-state index in [1.807, 2.05) is 0 Å². The first-order valence-electron chi connectivity index (χ1n) is 10.0. The monoisotopic (exact) mass is 403 g/mol. The largest absolute Gasteiger partial charge is 0.389 e. The van der Waals surface area contributed by atoms with Crippen molar-refractivity contribution in [3.05, 3.63) is 41.8 Å². The molecule has 29 heavy (non-hydrogen) atoms. The quantitative estimate of drug-likeness (QED) is 0.843. The number of aliphatic hydroxyl groups excluding tert-OH is 1. The maximum atomic E-state index is 13.1. The van der Waals surface area contributed by atoms with E-state index in [1.54, 1.807) is 30.1 Å². The maximum Gasteiger partial charge on any atom is 0.276 e. The van der Waals surface area contributed by atoms with Crippen LogP contribution in [0.2, 0.25) is 0 Å². The third-order valence-electron chi connectivity index (χ3n) is 5.98. The van der Waals surface area contributed by atoms with Crippen molar-refractivity contribution in [1.29, 1.82) is 0 Å². The van der Waals surface area contributed by atoms with Gasteiger partial charge in [0.25, 0.3) is 5.91 Å². The van der Waals surface area contributed by atoms with Crippen LogP contribution in [0.25, 0.3) is 11.3 Å². The van der Waals surface area contributed by atoms with Gasteiger partial charge in [0.05, 0.1) is 25.4 Å². The van der Waals surface area contributed by atoms with Gasteiger partial charge in [-0.25, -0.2) is 4.39 Å². The molecule has 2 aliphatic rings. The highest BCUT2D eigenvalue weighted by Crippen LogP contribution is 2.29. The zero-order chi connectivity index (χ0) is 20.4. The summed E-state index contributed by atoms with van der Waals surface area (Å²) in [4.78, 5) is 16.8. The van der Waals surface area contributed by atoms with Gasteiger partial charge in [0.15, 0.2) is 11.5 Å². The highest BCUT2D eigenvalue weighted by Gasteiger charge is 2.39. The van der Waals surface area contributed by atoms with Crippen LogP contribution < -0.4 is 0 Å². The molecule has 0 unspecified atom stereocenters. The van der Waals surface area contributed by atoms with E-state index in [4.69, 9.17) is 9.26 Å². The molecular weight excluding hydrogens is 377 g/mol. The number of likely N-dealkylation sites (N-methyl/N-ethyl adjacent to an activating group) is 1. The van der Waals surface area contributed by atoms with Crippen LogP contribution in [-0.4, -0.2) is 77.5 Å². The normalized spacial score (nSPS) is 25.7. The molecule has 2 heterocycles. The van der Waals surface area contributed by atoms with E-state index < -0.39 is 6.10 Å². The minimum absolute atomic E-state index is 0.0278. The first kappa shape index (κ1) is 20.0. The minimum Gasteiger partial charge on any atom is -0.389 e. The topological polar surface area (TPSA) is 79.0 Å². The summed E-state index contributed by atoms with van der Waals surface area (Å²) in [6, 6.07) is 7.11. The number of carbonyl (C=O) groups is 1. The molecule has 1 aromatic heterocycles. The lowest BCUT2D eigenvalue weighted by Crippen LogP contribution is -2.58. The fraction of sp³-hybridized carbons (Fsp3) is 0.524. The molecule has 1 aromatic carbocycles. The van der Waals surface area contributed by atoms with Crippen LogP contribution in [0.5, 0.6) is 0 Å². The van der Waals surface area contributed by atoms with Crippen molar-refractivity contribution in [2.45, 2.75) is 37.5 Å². The Morgan fingerprint density at radius 2 is 1.97 bits per heavy atom. The zero-order valence-corrected chi connectivity index (χ0v) is 16.5. The van der Waals surface area contributed by atoms with Crippen molar-refractivity contribution in [1.82, 2.24) is 15.0 Å². The summed E-state index contributed by atoms with van der Waals surface area (Å²) < 4.78 is 23.8. The van der Waals surface area contributed by atoms with Gasteiger partial charge in [-0.3, -0.25) is 9.69 Å². The van der Waals surface area contributed by atoms with Crippen LogP contribution >= 0.6 is 0 Å². The van der Waals surface area contributed by atoms with Gasteiger partial charge < -0.3 is 19.3 Å². The van der Waals surface area contributed by atoms with Gasteiger partial charge in [-0.15, -0.1) is 0 Å². The lowest BCUT2D eigenvalue weighted by Gasteiger charge is -2.45. The van der Waals surface area contributed by atoms with Crippen molar-refractivity contribution in [2.75, 3.05) is 33.4 Å².